The van der Waals surface area contributed by atoms with Gasteiger partial charge in [0.25, 0.3) is 12.5 Å². The van der Waals surface area contributed by atoms with Gasteiger partial charge in [-0.1, -0.05) is 23.2 Å². The van der Waals surface area contributed by atoms with E-state index in [4.69, 9.17) is 28.6 Å². The van der Waals surface area contributed by atoms with Crippen LogP contribution in [0.2, 0.25) is 10.0 Å². The molecule has 0 spiro atoms. The summed E-state index contributed by atoms with van der Waals surface area (Å²) in [6, 6.07) is 2.34. The van der Waals surface area contributed by atoms with E-state index in [-0.39, 0.29) is 6.54 Å². The highest BCUT2D eigenvalue weighted by molar-refractivity contribution is 6.38. The first-order valence-electron chi connectivity index (χ1n) is 8.09. The van der Waals surface area contributed by atoms with Gasteiger partial charge in [0, 0.05) is 6.54 Å². The molecule has 0 radical (unpaired) electrons. The molecule has 166 valence electrons. The smallest absolute Gasteiger partial charge is 0.317 e. The lowest BCUT2D eigenvalue weighted by molar-refractivity contribution is -0.137. The summed E-state index contributed by atoms with van der Waals surface area (Å²) in [5, 5.41) is 19.1. The number of hydrogen-bond acceptors (Lipinski definition) is 3. The van der Waals surface area contributed by atoms with E-state index in [0.29, 0.717) is 23.2 Å². The maximum Gasteiger partial charge on any atom is 0.416 e. The molecule has 0 fully saturated rings. The van der Waals surface area contributed by atoms with Crippen LogP contribution in [0.25, 0.3) is 11.3 Å². The van der Waals surface area contributed by atoms with Crippen molar-refractivity contribution < 1.29 is 30.7 Å². The number of allylic oxidation sites excluding steroid dienone is 1. The number of anilines is 1. The number of halogens is 9. The second kappa shape index (κ2) is 9.15. The second-order valence-corrected chi connectivity index (χ2v) is 6.56. The van der Waals surface area contributed by atoms with E-state index in [0.717, 1.165) is 4.90 Å². The van der Waals surface area contributed by atoms with Crippen molar-refractivity contribution in [1.82, 2.24) is 9.78 Å². The fourth-order valence-electron chi connectivity index (χ4n) is 2.68. The molecule has 5 nitrogen and oxygen atoms in total. The van der Waals surface area contributed by atoms with Gasteiger partial charge in [-0.2, -0.15) is 32.3 Å². The Balaban J connectivity index is 3.02. The molecule has 14 heteroatoms. The fourth-order valence-corrected chi connectivity index (χ4v) is 3.32. The summed E-state index contributed by atoms with van der Waals surface area (Å²) in [6.45, 7) is 1.28. The number of hydrogen-bond donors (Lipinski definition) is 1. The predicted molar refractivity (Wildman–Crippen MR) is 100 cm³/mol. The molecule has 0 aliphatic carbocycles. The molecule has 0 atom stereocenters. The van der Waals surface area contributed by atoms with Crippen LogP contribution in [0.5, 0.6) is 0 Å². The Kier molecular flexibility index (Phi) is 7.23. The fraction of sp³-hybridized carbons (Fsp3) is 0.235. The molecule has 1 N–H and O–H groups in total. The van der Waals surface area contributed by atoms with E-state index in [1.54, 1.807) is 0 Å². The van der Waals surface area contributed by atoms with Crippen LogP contribution >= 0.6 is 23.2 Å². The molecule has 0 unspecified atom stereocenters. The van der Waals surface area contributed by atoms with Gasteiger partial charge in [-0.25, -0.2) is 13.5 Å². The molecule has 0 amide bonds. The van der Waals surface area contributed by atoms with Crippen LogP contribution < -0.4 is 4.90 Å². The molecule has 2 aromatic rings. The lowest BCUT2D eigenvalue weighted by Crippen LogP contribution is -2.24. The number of nitrogens with one attached hydrogen (secondary N) is 1. The monoisotopic (exact) mass is 487 g/mol. The number of nitriles is 1. The van der Waals surface area contributed by atoms with Crippen molar-refractivity contribution >= 4 is 40.9 Å². The van der Waals surface area contributed by atoms with Crippen molar-refractivity contribution in [3.05, 3.63) is 45.1 Å². The molecule has 31 heavy (non-hydrogen) atoms. The van der Waals surface area contributed by atoms with E-state index in [9.17, 15) is 36.0 Å². The van der Waals surface area contributed by atoms with Gasteiger partial charge < -0.3 is 4.90 Å². The van der Waals surface area contributed by atoms with Crippen molar-refractivity contribution in [1.29, 1.82) is 10.7 Å². The third-order valence-corrected chi connectivity index (χ3v) is 4.56. The third-order valence-electron chi connectivity index (χ3n) is 3.98. The van der Waals surface area contributed by atoms with E-state index in [1.165, 1.54) is 13.0 Å². The molecule has 1 aromatic heterocycles. The Morgan fingerprint density at radius 3 is 2.19 bits per heavy atom. The van der Waals surface area contributed by atoms with Crippen LogP contribution in [0.1, 0.15) is 23.7 Å². The molecule has 0 aliphatic heterocycles. The SMILES string of the molecule is CCN(C=N)c1c(C(=C(F)F)C(F)F)c(C#N)nn1-c1c(Cl)cc(C(F)(F)F)cc1Cl. The number of nitrogens with zero attached hydrogens (tertiary/aromatic N) is 4. The van der Waals surface area contributed by atoms with Crippen molar-refractivity contribution in [2.45, 2.75) is 19.5 Å². The Bertz CT molecular complexity index is 1060. The predicted octanol–water partition coefficient (Wildman–Crippen LogP) is 6.38. The van der Waals surface area contributed by atoms with Crippen LogP contribution in [0, 0.1) is 16.7 Å². The van der Waals surface area contributed by atoms with Gasteiger partial charge in [0.2, 0.25) is 0 Å². The Morgan fingerprint density at radius 1 is 1.29 bits per heavy atom. The summed E-state index contributed by atoms with van der Waals surface area (Å²) in [5.74, 6) is -0.624. The van der Waals surface area contributed by atoms with Crippen LogP contribution in [0.4, 0.5) is 36.6 Å². The lowest BCUT2D eigenvalue weighted by atomic mass is 10.1. The molecule has 0 bridgehead atoms. The van der Waals surface area contributed by atoms with Gasteiger partial charge in [-0.3, -0.25) is 5.41 Å². The molecule has 2 rings (SSSR count). The zero-order valence-corrected chi connectivity index (χ0v) is 16.7. The minimum Gasteiger partial charge on any atom is -0.317 e. The Hall–Kier alpha value is -2.78. The van der Waals surface area contributed by atoms with Crippen LogP contribution in [0.15, 0.2) is 18.2 Å². The van der Waals surface area contributed by atoms with E-state index >= 15 is 0 Å². The number of benzene rings is 1. The molecule has 0 aliphatic rings. The van der Waals surface area contributed by atoms with Crippen LogP contribution in [0.3, 0.4) is 0 Å². The minimum absolute atomic E-state index is 0.145. The topological polar surface area (TPSA) is 68.7 Å². The van der Waals surface area contributed by atoms with Gasteiger partial charge in [0.1, 0.15) is 17.6 Å². The van der Waals surface area contributed by atoms with Gasteiger partial charge in [0.05, 0.1) is 33.1 Å². The quantitative estimate of drug-likeness (QED) is 0.292. The average Bonchev–Trinajstić information content (AvgIpc) is 3.00. The van der Waals surface area contributed by atoms with Crippen LogP contribution in [-0.4, -0.2) is 29.1 Å². The molecule has 1 aromatic carbocycles. The van der Waals surface area contributed by atoms with E-state index in [2.05, 4.69) is 5.10 Å². The molecular formula is C17H10Cl2F7N5. The van der Waals surface area contributed by atoms with E-state index in [1.807, 2.05) is 0 Å². The second-order valence-electron chi connectivity index (χ2n) is 5.75. The molecule has 1 heterocycles. The Labute approximate surface area is 180 Å². The normalized spacial score (nSPS) is 11.4. The van der Waals surface area contributed by atoms with Crippen molar-refractivity contribution in [2.75, 3.05) is 11.4 Å². The minimum atomic E-state index is -4.82. The van der Waals surface area contributed by atoms with Gasteiger partial charge >= 0.3 is 6.18 Å². The summed E-state index contributed by atoms with van der Waals surface area (Å²) in [7, 11) is 0. The first-order valence-corrected chi connectivity index (χ1v) is 8.85. The highest BCUT2D eigenvalue weighted by atomic mass is 35.5. The average molecular weight is 488 g/mol. The summed E-state index contributed by atoms with van der Waals surface area (Å²) < 4.78 is 93.2. The number of aromatic nitrogens is 2. The maximum absolute atomic E-state index is 13.4. The third kappa shape index (κ3) is 4.62. The summed E-state index contributed by atoms with van der Waals surface area (Å²) in [5.41, 5.74) is -5.44. The van der Waals surface area contributed by atoms with Gasteiger partial charge in [-0.05, 0) is 19.1 Å². The van der Waals surface area contributed by atoms with Crippen molar-refractivity contribution in [3.63, 3.8) is 0 Å². The molecule has 0 saturated heterocycles. The van der Waals surface area contributed by atoms with Gasteiger partial charge in [0.15, 0.2) is 5.69 Å². The lowest BCUT2D eigenvalue weighted by Gasteiger charge is -2.22. The maximum atomic E-state index is 13.4. The molecular weight excluding hydrogens is 478 g/mol. The Morgan fingerprint density at radius 2 is 1.84 bits per heavy atom. The van der Waals surface area contributed by atoms with Crippen LogP contribution in [-0.2, 0) is 6.18 Å². The highest BCUT2D eigenvalue weighted by Gasteiger charge is 2.35. The summed E-state index contributed by atoms with van der Waals surface area (Å²) in [6.07, 6.45) is -10.8. The largest absolute Gasteiger partial charge is 0.416 e. The first kappa shape index (κ1) is 24.5. The first-order chi connectivity index (χ1) is 14.4. The zero-order chi connectivity index (χ0) is 23.7. The zero-order valence-electron chi connectivity index (χ0n) is 15.2. The van der Waals surface area contributed by atoms with Crippen molar-refractivity contribution in [3.8, 4) is 11.8 Å². The summed E-state index contributed by atoms with van der Waals surface area (Å²) >= 11 is 11.9. The molecule has 0 saturated carbocycles. The number of rotatable bonds is 6. The van der Waals surface area contributed by atoms with Gasteiger partial charge in [-0.15, -0.1) is 0 Å². The highest BCUT2D eigenvalue weighted by Crippen LogP contribution is 2.42. The van der Waals surface area contributed by atoms with E-state index < -0.39 is 62.6 Å². The standard InChI is InChI=1S/C17H10Cl2F7N5/c1-2-30(6-28)16-11(12(14(20)21)15(22)23)10(5-27)29-31(16)13-8(18)3-7(4-9(13)19)17(24,25)26/h3-4,6,14,28H,2H2,1H3. The number of alkyl halides is 5. The van der Waals surface area contributed by atoms with Crippen molar-refractivity contribution in [2.24, 2.45) is 0 Å². The summed E-state index contributed by atoms with van der Waals surface area (Å²) in [4.78, 5) is 0.860.